The van der Waals surface area contributed by atoms with Gasteiger partial charge in [-0.3, -0.25) is 9.59 Å². The summed E-state index contributed by atoms with van der Waals surface area (Å²) in [4.78, 5) is 26.4. The molecule has 3 rings (SSSR count). The predicted molar refractivity (Wildman–Crippen MR) is 84.0 cm³/mol. The summed E-state index contributed by atoms with van der Waals surface area (Å²) in [6.07, 6.45) is 2.92. The van der Waals surface area contributed by atoms with Crippen LogP contribution < -0.4 is 10.3 Å². The summed E-state index contributed by atoms with van der Waals surface area (Å²) in [6.45, 7) is -0.0636. The van der Waals surface area contributed by atoms with E-state index < -0.39 is 0 Å². The van der Waals surface area contributed by atoms with Crippen LogP contribution in [0.1, 0.15) is 5.76 Å². The standard InChI is InChI=1S/C15H13N3O3S/c19-14(17-16-8-11-4-3-7-21-11)9-18-12-5-1-2-6-13(12)22-10-15(18)20/h1-8H,9-10H2,(H,17,19). The van der Waals surface area contributed by atoms with Gasteiger partial charge in [-0.1, -0.05) is 12.1 Å². The third kappa shape index (κ3) is 3.20. The summed E-state index contributed by atoms with van der Waals surface area (Å²) in [5.74, 6) is 0.419. The number of carbonyl (C=O) groups excluding carboxylic acids is 2. The first kappa shape index (κ1) is 14.4. The minimum absolute atomic E-state index is 0.0636. The van der Waals surface area contributed by atoms with E-state index in [2.05, 4.69) is 10.5 Å². The number of thioether (sulfide) groups is 1. The van der Waals surface area contributed by atoms with E-state index in [9.17, 15) is 9.59 Å². The number of para-hydroxylation sites is 1. The number of amides is 2. The summed E-state index contributed by atoms with van der Waals surface area (Å²) in [5, 5.41) is 3.80. The molecule has 2 amide bonds. The zero-order valence-corrected chi connectivity index (χ0v) is 12.4. The molecule has 112 valence electrons. The molecule has 0 bridgehead atoms. The maximum atomic E-state index is 12.0. The van der Waals surface area contributed by atoms with Crippen LogP contribution in [0.4, 0.5) is 5.69 Å². The zero-order chi connectivity index (χ0) is 15.4. The van der Waals surface area contributed by atoms with Crippen molar-refractivity contribution in [2.75, 3.05) is 17.2 Å². The molecule has 1 aromatic carbocycles. The highest BCUT2D eigenvalue weighted by molar-refractivity contribution is 8.00. The van der Waals surface area contributed by atoms with Crippen molar-refractivity contribution in [2.45, 2.75) is 4.90 Å². The van der Waals surface area contributed by atoms with Crippen molar-refractivity contribution in [2.24, 2.45) is 5.10 Å². The Hall–Kier alpha value is -2.54. The van der Waals surface area contributed by atoms with E-state index in [4.69, 9.17) is 4.42 Å². The highest BCUT2D eigenvalue weighted by Gasteiger charge is 2.25. The molecular formula is C15H13N3O3S. The monoisotopic (exact) mass is 315 g/mol. The molecule has 0 saturated carbocycles. The van der Waals surface area contributed by atoms with Crippen LogP contribution in [-0.2, 0) is 9.59 Å². The van der Waals surface area contributed by atoms with Crippen molar-refractivity contribution < 1.29 is 14.0 Å². The lowest BCUT2D eigenvalue weighted by atomic mass is 10.2. The van der Waals surface area contributed by atoms with Crippen LogP contribution in [0.15, 0.2) is 57.1 Å². The zero-order valence-electron chi connectivity index (χ0n) is 11.6. The fourth-order valence-electron chi connectivity index (χ4n) is 2.04. The minimum atomic E-state index is -0.363. The Balaban J connectivity index is 1.65. The van der Waals surface area contributed by atoms with Crippen molar-refractivity contribution in [3.63, 3.8) is 0 Å². The second-order valence-electron chi connectivity index (χ2n) is 4.54. The topological polar surface area (TPSA) is 74.9 Å². The van der Waals surface area contributed by atoms with Gasteiger partial charge in [0.1, 0.15) is 12.3 Å². The molecule has 0 aliphatic carbocycles. The first-order valence-corrected chi connectivity index (χ1v) is 7.60. The summed E-state index contributed by atoms with van der Waals surface area (Å²) >= 11 is 1.48. The number of anilines is 1. The lowest BCUT2D eigenvalue weighted by Crippen LogP contribution is -2.42. The minimum Gasteiger partial charge on any atom is -0.463 e. The summed E-state index contributed by atoms with van der Waals surface area (Å²) in [7, 11) is 0. The Kier molecular flexibility index (Phi) is 4.24. The lowest BCUT2D eigenvalue weighted by Gasteiger charge is -2.27. The maximum Gasteiger partial charge on any atom is 0.260 e. The van der Waals surface area contributed by atoms with Gasteiger partial charge in [-0.05, 0) is 24.3 Å². The number of hydrazone groups is 1. The van der Waals surface area contributed by atoms with Gasteiger partial charge in [-0.25, -0.2) is 5.43 Å². The van der Waals surface area contributed by atoms with Gasteiger partial charge in [-0.2, -0.15) is 5.10 Å². The molecule has 1 N–H and O–H groups in total. The van der Waals surface area contributed by atoms with Gasteiger partial charge in [0.2, 0.25) is 5.91 Å². The van der Waals surface area contributed by atoms with Gasteiger partial charge in [0.05, 0.1) is 23.9 Å². The smallest absolute Gasteiger partial charge is 0.260 e. The molecule has 0 saturated heterocycles. The average molecular weight is 315 g/mol. The molecule has 1 aliphatic heterocycles. The fraction of sp³-hybridized carbons (Fsp3) is 0.133. The first-order chi connectivity index (χ1) is 10.7. The highest BCUT2D eigenvalue weighted by atomic mass is 32.2. The Labute approximate surface area is 131 Å². The molecule has 1 aromatic heterocycles. The number of rotatable bonds is 4. The third-order valence-corrected chi connectivity index (χ3v) is 4.08. The van der Waals surface area contributed by atoms with Crippen LogP contribution in [0.25, 0.3) is 0 Å². The van der Waals surface area contributed by atoms with E-state index in [1.807, 2.05) is 24.3 Å². The van der Waals surface area contributed by atoms with Gasteiger partial charge in [0.25, 0.3) is 5.91 Å². The number of nitrogens with one attached hydrogen (secondary N) is 1. The van der Waals surface area contributed by atoms with E-state index in [0.717, 1.165) is 10.6 Å². The van der Waals surface area contributed by atoms with Crippen molar-refractivity contribution >= 4 is 35.5 Å². The van der Waals surface area contributed by atoms with Crippen LogP contribution in [0.2, 0.25) is 0 Å². The van der Waals surface area contributed by atoms with E-state index in [1.165, 1.54) is 29.1 Å². The van der Waals surface area contributed by atoms with Crippen molar-refractivity contribution in [1.29, 1.82) is 0 Å². The summed E-state index contributed by atoms with van der Waals surface area (Å²) < 4.78 is 5.06. The number of benzene rings is 1. The van der Waals surface area contributed by atoms with E-state index in [1.54, 1.807) is 12.1 Å². The molecule has 0 unspecified atom stereocenters. The summed E-state index contributed by atoms with van der Waals surface area (Å²) in [6, 6.07) is 11.0. The second kappa shape index (κ2) is 6.48. The molecule has 0 radical (unpaired) electrons. The van der Waals surface area contributed by atoms with Crippen LogP contribution >= 0.6 is 11.8 Å². The molecular weight excluding hydrogens is 302 g/mol. The van der Waals surface area contributed by atoms with Crippen LogP contribution in [0.3, 0.4) is 0 Å². The van der Waals surface area contributed by atoms with Crippen LogP contribution in [0, 0.1) is 0 Å². The molecule has 2 heterocycles. The van der Waals surface area contributed by atoms with Gasteiger partial charge in [0, 0.05) is 4.90 Å². The normalized spacial score (nSPS) is 14.2. The molecule has 0 atom stereocenters. The van der Waals surface area contributed by atoms with E-state index in [-0.39, 0.29) is 18.4 Å². The van der Waals surface area contributed by atoms with Crippen LogP contribution in [0.5, 0.6) is 0 Å². The molecule has 7 heteroatoms. The maximum absolute atomic E-state index is 12.0. The molecule has 0 spiro atoms. The SMILES string of the molecule is O=C(CN1C(=O)CSc2ccccc21)NN=Cc1ccco1. The van der Waals surface area contributed by atoms with E-state index >= 15 is 0 Å². The van der Waals surface area contributed by atoms with Crippen LogP contribution in [-0.4, -0.2) is 30.3 Å². The highest BCUT2D eigenvalue weighted by Crippen LogP contribution is 2.34. The van der Waals surface area contributed by atoms with Gasteiger partial charge >= 0.3 is 0 Å². The lowest BCUT2D eigenvalue weighted by molar-refractivity contribution is -0.122. The Bertz CT molecular complexity index is 713. The first-order valence-electron chi connectivity index (χ1n) is 6.61. The molecule has 2 aromatic rings. The second-order valence-corrected chi connectivity index (χ2v) is 5.56. The average Bonchev–Trinajstić information content (AvgIpc) is 3.03. The number of hydrogen-bond donors (Lipinski definition) is 1. The third-order valence-electron chi connectivity index (χ3n) is 3.03. The summed E-state index contributed by atoms with van der Waals surface area (Å²) in [5.41, 5.74) is 3.15. The largest absolute Gasteiger partial charge is 0.463 e. The van der Waals surface area contributed by atoms with E-state index in [0.29, 0.717) is 11.5 Å². The number of hydrogen-bond acceptors (Lipinski definition) is 5. The number of fused-ring (bicyclic) bond motifs is 1. The Morgan fingerprint density at radius 1 is 1.36 bits per heavy atom. The number of carbonyl (C=O) groups is 2. The molecule has 6 nitrogen and oxygen atoms in total. The van der Waals surface area contributed by atoms with Crippen molar-refractivity contribution in [3.8, 4) is 0 Å². The Morgan fingerprint density at radius 3 is 3.05 bits per heavy atom. The Morgan fingerprint density at radius 2 is 2.23 bits per heavy atom. The molecule has 1 aliphatic rings. The predicted octanol–water partition coefficient (Wildman–Crippen LogP) is 1.87. The quantitative estimate of drug-likeness (QED) is 0.690. The van der Waals surface area contributed by atoms with Crippen molar-refractivity contribution in [1.82, 2.24) is 5.43 Å². The van der Waals surface area contributed by atoms with Crippen molar-refractivity contribution in [3.05, 3.63) is 48.4 Å². The van der Waals surface area contributed by atoms with Gasteiger partial charge < -0.3 is 9.32 Å². The number of furan rings is 1. The van der Waals surface area contributed by atoms with Gasteiger partial charge in [0.15, 0.2) is 0 Å². The molecule has 22 heavy (non-hydrogen) atoms. The fourth-order valence-corrected chi connectivity index (χ4v) is 2.97. The molecule has 0 fully saturated rings. The number of nitrogens with zero attached hydrogens (tertiary/aromatic N) is 2. The van der Waals surface area contributed by atoms with Gasteiger partial charge in [-0.15, -0.1) is 11.8 Å².